The fourth-order valence-electron chi connectivity index (χ4n) is 2.35. The van der Waals surface area contributed by atoms with E-state index in [2.05, 4.69) is 55.8 Å². The third kappa shape index (κ3) is 2.48. The van der Waals surface area contributed by atoms with Crippen LogP contribution in [-0.4, -0.2) is 0 Å². The fourth-order valence-corrected chi connectivity index (χ4v) is 3.42. The van der Waals surface area contributed by atoms with Gasteiger partial charge in [0.25, 0.3) is 0 Å². The first kappa shape index (κ1) is 13.3. The van der Waals surface area contributed by atoms with E-state index in [1.54, 1.807) is 11.3 Å². The summed E-state index contributed by atoms with van der Waals surface area (Å²) in [7, 11) is 0. The second kappa shape index (κ2) is 5.65. The van der Waals surface area contributed by atoms with E-state index in [0.717, 1.165) is 6.42 Å². The van der Waals surface area contributed by atoms with Gasteiger partial charge in [-0.1, -0.05) is 30.7 Å². The van der Waals surface area contributed by atoms with Gasteiger partial charge >= 0.3 is 0 Å². The summed E-state index contributed by atoms with van der Waals surface area (Å²) in [6, 6.07) is 8.81. The minimum Gasteiger partial charge on any atom is -0.271 e. The van der Waals surface area contributed by atoms with Gasteiger partial charge in [0.15, 0.2) is 0 Å². The minimum absolute atomic E-state index is 0.0977. The molecule has 1 aromatic carbocycles. The Morgan fingerprint density at radius 3 is 2.67 bits per heavy atom. The van der Waals surface area contributed by atoms with Gasteiger partial charge in [0.05, 0.1) is 6.04 Å². The quantitative estimate of drug-likeness (QED) is 0.652. The van der Waals surface area contributed by atoms with Crippen molar-refractivity contribution in [2.75, 3.05) is 0 Å². The SMILES string of the molecule is CCc1ccsc1C(NN)c1ccc(C)cc1C. The molecule has 0 aliphatic heterocycles. The molecule has 0 bridgehead atoms. The van der Waals surface area contributed by atoms with E-state index in [1.807, 2.05) is 0 Å². The molecule has 96 valence electrons. The van der Waals surface area contributed by atoms with Crippen molar-refractivity contribution in [3.8, 4) is 0 Å². The van der Waals surface area contributed by atoms with E-state index in [0.29, 0.717) is 0 Å². The van der Waals surface area contributed by atoms with Crippen LogP contribution in [0, 0.1) is 13.8 Å². The molecule has 3 N–H and O–H groups in total. The van der Waals surface area contributed by atoms with Crippen molar-refractivity contribution < 1.29 is 0 Å². The largest absolute Gasteiger partial charge is 0.271 e. The van der Waals surface area contributed by atoms with Gasteiger partial charge in [0, 0.05) is 4.88 Å². The number of nitrogens with one attached hydrogen (secondary N) is 1. The fraction of sp³-hybridized carbons (Fsp3) is 0.333. The zero-order valence-corrected chi connectivity index (χ0v) is 12.0. The molecule has 0 spiro atoms. The third-order valence-corrected chi connectivity index (χ3v) is 4.35. The van der Waals surface area contributed by atoms with Crippen molar-refractivity contribution in [3.05, 3.63) is 56.8 Å². The van der Waals surface area contributed by atoms with Crippen molar-refractivity contribution in [2.45, 2.75) is 33.2 Å². The molecular formula is C15H20N2S. The second-order valence-electron chi connectivity index (χ2n) is 4.62. The highest BCUT2D eigenvalue weighted by Gasteiger charge is 2.18. The van der Waals surface area contributed by atoms with Crippen LogP contribution in [0.2, 0.25) is 0 Å². The molecule has 0 aliphatic rings. The zero-order chi connectivity index (χ0) is 13.1. The lowest BCUT2D eigenvalue weighted by Crippen LogP contribution is -2.29. The van der Waals surface area contributed by atoms with E-state index in [1.165, 1.54) is 27.1 Å². The van der Waals surface area contributed by atoms with Gasteiger partial charge < -0.3 is 0 Å². The molecule has 1 aromatic heterocycles. The van der Waals surface area contributed by atoms with Crippen LogP contribution in [0.3, 0.4) is 0 Å². The number of hydrogen-bond acceptors (Lipinski definition) is 3. The maximum absolute atomic E-state index is 5.78. The molecule has 0 saturated heterocycles. The molecule has 1 unspecified atom stereocenters. The predicted molar refractivity (Wildman–Crippen MR) is 78.8 cm³/mol. The standard InChI is InChI=1S/C15H20N2S/c1-4-12-7-8-18-15(12)14(17-16)13-6-5-10(2)9-11(13)3/h5-9,14,17H,4,16H2,1-3H3. The lowest BCUT2D eigenvalue weighted by atomic mass is 9.96. The molecule has 2 aromatic rings. The van der Waals surface area contributed by atoms with Crippen LogP contribution in [0.1, 0.15) is 40.1 Å². The molecule has 1 heterocycles. The Kier molecular flexibility index (Phi) is 4.17. The van der Waals surface area contributed by atoms with Gasteiger partial charge in [0.1, 0.15) is 0 Å². The van der Waals surface area contributed by atoms with Gasteiger partial charge in [-0.25, -0.2) is 5.43 Å². The predicted octanol–water partition coefficient (Wildman–Crippen LogP) is 3.48. The van der Waals surface area contributed by atoms with Gasteiger partial charge in [-0.3, -0.25) is 5.84 Å². The number of aryl methyl sites for hydroxylation is 3. The van der Waals surface area contributed by atoms with Crippen molar-refractivity contribution in [1.29, 1.82) is 0 Å². The maximum Gasteiger partial charge on any atom is 0.0807 e. The molecule has 2 rings (SSSR count). The Morgan fingerprint density at radius 2 is 2.06 bits per heavy atom. The lowest BCUT2D eigenvalue weighted by molar-refractivity contribution is 0.638. The number of thiophene rings is 1. The summed E-state index contributed by atoms with van der Waals surface area (Å²) in [6.45, 7) is 6.44. The molecule has 18 heavy (non-hydrogen) atoms. The Labute approximate surface area is 113 Å². The summed E-state index contributed by atoms with van der Waals surface area (Å²) in [5.74, 6) is 5.78. The van der Waals surface area contributed by atoms with Crippen LogP contribution < -0.4 is 11.3 Å². The average molecular weight is 260 g/mol. The number of benzene rings is 1. The minimum atomic E-state index is 0.0977. The summed E-state index contributed by atoms with van der Waals surface area (Å²) < 4.78 is 0. The van der Waals surface area contributed by atoms with Crippen LogP contribution in [0.5, 0.6) is 0 Å². The van der Waals surface area contributed by atoms with Crippen LogP contribution in [0.4, 0.5) is 0 Å². The van der Waals surface area contributed by atoms with E-state index < -0.39 is 0 Å². The summed E-state index contributed by atoms with van der Waals surface area (Å²) in [6.07, 6.45) is 1.04. The van der Waals surface area contributed by atoms with E-state index >= 15 is 0 Å². The van der Waals surface area contributed by atoms with Crippen molar-refractivity contribution in [2.24, 2.45) is 5.84 Å². The molecule has 3 heteroatoms. The Morgan fingerprint density at radius 1 is 1.28 bits per heavy atom. The summed E-state index contributed by atoms with van der Waals surface area (Å²) >= 11 is 1.77. The van der Waals surface area contributed by atoms with E-state index in [-0.39, 0.29) is 6.04 Å². The Hall–Kier alpha value is -1.16. The molecule has 0 amide bonds. The molecule has 0 saturated carbocycles. The van der Waals surface area contributed by atoms with Crippen LogP contribution in [0.25, 0.3) is 0 Å². The molecule has 0 radical (unpaired) electrons. The molecular weight excluding hydrogens is 240 g/mol. The average Bonchev–Trinajstić information content (AvgIpc) is 2.81. The smallest absolute Gasteiger partial charge is 0.0807 e. The lowest BCUT2D eigenvalue weighted by Gasteiger charge is -2.19. The number of nitrogens with two attached hydrogens (primary N) is 1. The topological polar surface area (TPSA) is 38.0 Å². The first-order valence-electron chi connectivity index (χ1n) is 6.27. The number of hydrogen-bond donors (Lipinski definition) is 2. The number of hydrazine groups is 1. The highest BCUT2D eigenvalue weighted by Crippen LogP contribution is 2.31. The maximum atomic E-state index is 5.78. The summed E-state index contributed by atoms with van der Waals surface area (Å²) in [4.78, 5) is 1.33. The van der Waals surface area contributed by atoms with Crippen LogP contribution >= 0.6 is 11.3 Å². The van der Waals surface area contributed by atoms with Crippen molar-refractivity contribution in [3.63, 3.8) is 0 Å². The normalized spacial score (nSPS) is 12.7. The van der Waals surface area contributed by atoms with Gasteiger partial charge in [-0.2, -0.15) is 0 Å². The zero-order valence-electron chi connectivity index (χ0n) is 11.2. The third-order valence-electron chi connectivity index (χ3n) is 3.33. The first-order valence-corrected chi connectivity index (χ1v) is 7.14. The van der Waals surface area contributed by atoms with Crippen LogP contribution in [-0.2, 0) is 6.42 Å². The Balaban J connectivity index is 2.45. The highest BCUT2D eigenvalue weighted by molar-refractivity contribution is 7.10. The second-order valence-corrected chi connectivity index (χ2v) is 5.57. The monoisotopic (exact) mass is 260 g/mol. The van der Waals surface area contributed by atoms with Gasteiger partial charge in [-0.05, 0) is 48.4 Å². The van der Waals surface area contributed by atoms with Crippen LogP contribution in [0.15, 0.2) is 29.6 Å². The first-order chi connectivity index (χ1) is 8.67. The van der Waals surface area contributed by atoms with E-state index in [4.69, 9.17) is 5.84 Å². The molecule has 1 atom stereocenters. The summed E-state index contributed by atoms with van der Waals surface area (Å²) in [5, 5.41) is 2.14. The highest BCUT2D eigenvalue weighted by atomic mass is 32.1. The van der Waals surface area contributed by atoms with E-state index in [9.17, 15) is 0 Å². The van der Waals surface area contributed by atoms with Gasteiger partial charge in [0.2, 0.25) is 0 Å². The molecule has 2 nitrogen and oxygen atoms in total. The summed E-state index contributed by atoms with van der Waals surface area (Å²) in [5.41, 5.74) is 8.18. The Bertz CT molecular complexity index is 531. The van der Waals surface area contributed by atoms with Gasteiger partial charge in [-0.15, -0.1) is 11.3 Å². The molecule has 0 fully saturated rings. The molecule has 0 aliphatic carbocycles. The van der Waals surface area contributed by atoms with Crippen molar-refractivity contribution in [1.82, 2.24) is 5.43 Å². The van der Waals surface area contributed by atoms with Crippen molar-refractivity contribution >= 4 is 11.3 Å². The number of rotatable bonds is 4.